The van der Waals surface area contributed by atoms with Gasteiger partial charge >= 0.3 is 0 Å². The third kappa shape index (κ3) is 3.92. The van der Waals surface area contributed by atoms with Crippen LogP contribution in [0.2, 0.25) is 0 Å². The van der Waals surface area contributed by atoms with Crippen molar-refractivity contribution in [3.63, 3.8) is 0 Å². The molecule has 2 aromatic rings. The molecule has 1 aliphatic heterocycles. The summed E-state index contributed by atoms with van der Waals surface area (Å²) in [5.74, 6) is 0.551. The lowest BCUT2D eigenvalue weighted by molar-refractivity contribution is 0.416. The van der Waals surface area contributed by atoms with E-state index in [4.69, 9.17) is 0 Å². The van der Waals surface area contributed by atoms with Gasteiger partial charge in [0.2, 0.25) is 0 Å². The summed E-state index contributed by atoms with van der Waals surface area (Å²) in [6.07, 6.45) is 7.44. The largest absolute Gasteiger partial charge is 0.350 e. The maximum atomic E-state index is 12.3. The third-order valence-electron chi connectivity index (χ3n) is 4.77. The van der Waals surface area contributed by atoms with Gasteiger partial charge in [-0.3, -0.25) is 9.89 Å². The van der Waals surface area contributed by atoms with E-state index in [2.05, 4.69) is 46.2 Å². The number of nitrogens with one attached hydrogen (secondary N) is 2. The van der Waals surface area contributed by atoms with Crippen LogP contribution in [0.1, 0.15) is 44.9 Å². The number of aromatic nitrogens is 4. The topological polar surface area (TPSA) is 78.8 Å². The number of aromatic amines is 1. The van der Waals surface area contributed by atoms with Gasteiger partial charge in [0.25, 0.3) is 5.56 Å². The summed E-state index contributed by atoms with van der Waals surface area (Å²) in [7, 11) is 1.76. The van der Waals surface area contributed by atoms with Crippen molar-refractivity contribution in [2.45, 2.75) is 51.6 Å². The van der Waals surface area contributed by atoms with Crippen LogP contribution in [-0.4, -0.2) is 38.9 Å². The van der Waals surface area contributed by atoms with Gasteiger partial charge in [0, 0.05) is 61.8 Å². The Balaban J connectivity index is 1.66. The molecule has 0 spiro atoms. The van der Waals surface area contributed by atoms with Crippen molar-refractivity contribution in [1.82, 2.24) is 25.1 Å². The first kappa shape index (κ1) is 17.7. The first-order valence-corrected chi connectivity index (χ1v) is 8.89. The minimum Gasteiger partial charge on any atom is -0.350 e. The molecular weight excluding hydrogens is 316 g/mol. The Morgan fingerprint density at radius 2 is 2.20 bits per heavy atom. The smallest absolute Gasteiger partial charge is 0.293 e. The van der Waals surface area contributed by atoms with E-state index in [-0.39, 0.29) is 11.0 Å². The first-order valence-electron chi connectivity index (χ1n) is 8.89. The minimum atomic E-state index is -0.0343. The lowest BCUT2D eigenvalue weighted by atomic mass is 9.89. The van der Waals surface area contributed by atoms with Crippen LogP contribution in [0.25, 0.3) is 0 Å². The Hall–Kier alpha value is -2.15. The van der Waals surface area contributed by atoms with Gasteiger partial charge in [0.1, 0.15) is 0 Å². The van der Waals surface area contributed by atoms with Crippen LogP contribution in [0.4, 0.5) is 5.82 Å². The molecule has 2 N–H and O–H groups in total. The molecule has 0 bridgehead atoms. The highest BCUT2D eigenvalue weighted by molar-refractivity contribution is 5.36. The number of nitrogens with zero attached hydrogens (tertiary/aromatic N) is 4. The van der Waals surface area contributed by atoms with Crippen molar-refractivity contribution < 1.29 is 0 Å². The second kappa shape index (κ2) is 7.00. The number of anilines is 1. The van der Waals surface area contributed by atoms with E-state index in [1.807, 2.05) is 6.20 Å². The maximum absolute atomic E-state index is 12.3. The van der Waals surface area contributed by atoms with Crippen LogP contribution in [0.15, 0.2) is 23.4 Å². The molecule has 0 saturated carbocycles. The van der Waals surface area contributed by atoms with Crippen LogP contribution in [0.5, 0.6) is 0 Å². The number of hydrogen-bond donors (Lipinski definition) is 2. The van der Waals surface area contributed by atoms with Gasteiger partial charge in [-0.25, -0.2) is 4.98 Å². The molecule has 3 heterocycles. The predicted molar refractivity (Wildman–Crippen MR) is 98.8 cm³/mol. The Labute approximate surface area is 148 Å². The van der Waals surface area contributed by atoms with E-state index in [0.717, 1.165) is 32.5 Å². The van der Waals surface area contributed by atoms with E-state index in [1.54, 1.807) is 24.0 Å². The predicted octanol–water partition coefficient (Wildman–Crippen LogP) is 1.56. The first-order chi connectivity index (χ1) is 11.9. The summed E-state index contributed by atoms with van der Waals surface area (Å²) in [5.41, 5.74) is 2.39. The highest BCUT2D eigenvalue weighted by atomic mass is 16.1. The zero-order chi connectivity index (χ0) is 18.0. The van der Waals surface area contributed by atoms with E-state index in [9.17, 15) is 4.79 Å². The van der Waals surface area contributed by atoms with Crippen molar-refractivity contribution in [3.05, 3.63) is 40.2 Å². The zero-order valence-electron chi connectivity index (χ0n) is 15.5. The summed E-state index contributed by atoms with van der Waals surface area (Å²) in [6.45, 7) is 9.01. The molecule has 2 aromatic heterocycles. The number of rotatable bonds is 4. The average Bonchev–Trinajstić information content (AvgIpc) is 3.05. The van der Waals surface area contributed by atoms with Gasteiger partial charge in [0.05, 0.1) is 6.20 Å². The van der Waals surface area contributed by atoms with Gasteiger partial charge < -0.3 is 14.8 Å². The molecule has 1 atom stereocenters. The number of piperidine rings is 1. The maximum Gasteiger partial charge on any atom is 0.293 e. The van der Waals surface area contributed by atoms with Gasteiger partial charge in [-0.2, -0.15) is 5.10 Å². The molecule has 0 radical (unpaired) electrons. The molecule has 136 valence electrons. The minimum absolute atomic E-state index is 0.0343. The van der Waals surface area contributed by atoms with Gasteiger partial charge in [-0.1, -0.05) is 20.8 Å². The van der Waals surface area contributed by atoms with Crippen LogP contribution in [0, 0.1) is 0 Å². The van der Waals surface area contributed by atoms with Crippen LogP contribution >= 0.6 is 0 Å². The highest BCUT2D eigenvalue weighted by Crippen LogP contribution is 2.23. The molecule has 1 fully saturated rings. The van der Waals surface area contributed by atoms with Crippen molar-refractivity contribution >= 4 is 5.82 Å². The van der Waals surface area contributed by atoms with E-state index in [1.165, 1.54) is 11.3 Å². The summed E-state index contributed by atoms with van der Waals surface area (Å²) in [5, 5.41) is 11.0. The Bertz CT molecular complexity index is 772. The SMILES string of the molecule is Cn1ccnc(N2CCC[C@H](NCc3cn[nH]c3C(C)(C)C)C2)c1=O. The molecule has 0 aromatic carbocycles. The molecule has 7 nitrogen and oxygen atoms in total. The number of hydrogen-bond acceptors (Lipinski definition) is 5. The lowest BCUT2D eigenvalue weighted by Crippen LogP contribution is -2.47. The van der Waals surface area contributed by atoms with Crippen molar-refractivity contribution in [1.29, 1.82) is 0 Å². The average molecular weight is 344 g/mol. The molecular formula is C18H28N6O. The quantitative estimate of drug-likeness (QED) is 0.880. The molecule has 0 aliphatic carbocycles. The lowest BCUT2D eigenvalue weighted by Gasteiger charge is -2.33. The zero-order valence-corrected chi connectivity index (χ0v) is 15.5. The third-order valence-corrected chi connectivity index (χ3v) is 4.77. The fourth-order valence-corrected chi connectivity index (χ4v) is 3.39. The molecule has 7 heteroatoms. The van der Waals surface area contributed by atoms with Crippen molar-refractivity contribution in [3.8, 4) is 0 Å². The molecule has 0 unspecified atom stereocenters. The summed E-state index contributed by atoms with van der Waals surface area (Å²) < 4.78 is 1.58. The number of H-pyrrole nitrogens is 1. The van der Waals surface area contributed by atoms with Crippen LogP contribution in [-0.2, 0) is 19.0 Å². The van der Waals surface area contributed by atoms with E-state index < -0.39 is 0 Å². The molecule has 1 aliphatic rings. The normalized spacial score (nSPS) is 18.6. The van der Waals surface area contributed by atoms with Crippen molar-refractivity contribution in [2.75, 3.05) is 18.0 Å². The molecule has 25 heavy (non-hydrogen) atoms. The monoisotopic (exact) mass is 344 g/mol. The highest BCUT2D eigenvalue weighted by Gasteiger charge is 2.24. The van der Waals surface area contributed by atoms with E-state index >= 15 is 0 Å². The fourth-order valence-electron chi connectivity index (χ4n) is 3.39. The molecule has 0 amide bonds. The number of aryl methyl sites for hydroxylation is 1. The molecule has 1 saturated heterocycles. The van der Waals surface area contributed by atoms with Gasteiger partial charge in [-0.05, 0) is 12.8 Å². The second-order valence-corrected chi connectivity index (χ2v) is 7.85. The standard InChI is InChI=1S/C18H28N6O/c1-18(2,3)15-13(11-21-22-15)10-20-14-6-5-8-24(12-14)16-17(25)23(4)9-7-19-16/h7,9,11,14,20H,5-6,8,10,12H2,1-4H3,(H,21,22)/t14-/m0/s1. The van der Waals surface area contributed by atoms with Crippen LogP contribution in [0.3, 0.4) is 0 Å². The summed E-state index contributed by atoms with van der Waals surface area (Å²) >= 11 is 0. The summed E-state index contributed by atoms with van der Waals surface area (Å²) in [4.78, 5) is 18.7. The van der Waals surface area contributed by atoms with Crippen LogP contribution < -0.4 is 15.8 Å². The van der Waals surface area contributed by atoms with Gasteiger partial charge in [0.15, 0.2) is 5.82 Å². The molecule has 3 rings (SSSR count). The summed E-state index contributed by atoms with van der Waals surface area (Å²) in [6, 6.07) is 0.336. The van der Waals surface area contributed by atoms with Crippen molar-refractivity contribution in [2.24, 2.45) is 7.05 Å². The Kier molecular flexibility index (Phi) is 4.94. The Morgan fingerprint density at radius 3 is 2.96 bits per heavy atom. The van der Waals surface area contributed by atoms with E-state index in [0.29, 0.717) is 11.9 Å². The van der Waals surface area contributed by atoms with Gasteiger partial charge in [-0.15, -0.1) is 0 Å². The second-order valence-electron chi connectivity index (χ2n) is 7.85. The Morgan fingerprint density at radius 1 is 1.40 bits per heavy atom. The fraction of sp³-hybridized carbons (Fsp3) is 0.611.